The Hall–Kier alpha value is -0.0736. The minimum absolute atomic E-state index is 0. The van der Waals surface area contributed by atoms with E-state index in [2.05, 4.69) is 12.1 Å². The Morgan fingerprint density at radius 1 is 1.33 bits per heavy atom. The molecule has 0 saturated carbocycles. The van der Waals surface area contributed by atoms with Crippen molar-refractivity contribution in [2.45, 2.75) is 13.8 Å². The second-order valence-electron chi connectivity index (χ2n) is 2.21. The molecule has 15 heavy (non-hydrogen) atoms. The quantitative estimate of drug-likeness (QED) is 0.415. The van der Waals surface area contributed by atoms with Gasteiger partial charge in [0.15, 0.2) is 5.69 Å². The predicted octanol–water partition coefficient (Wildman–Crippen LogP) is -1.38. The Labute approximate surface area is 133 Å². The molecule has 0 aliphatic carbocycles. The summed E-state index contributed by atoms with van der Waals surface area (Å²) in [5.41, 5.74) is 0.396. The average molecular weight is 232 g/mol. The molecule has 0 N–H and O–H groups in total. The molecule has 5 heteroatoms. The monoisotopic (exact) mass is 232 g/mol. The van der Waals surface area contributed by atoms with E-state index in [4.69, 9.17) is 0 Å². The third kappa shape index (κ3) is 3.77. The van der Waals surface area contributed by atoms with Crippen LogP contribution in [0.3, 0.4) is 0 Å². The van der Waals surface area contributed by atoms with Gasteiger partial charge in [-0.3, -0.25) is 0 Å². The smallest absolute Gasteiger partial charge is 0.360 e. The molecule has 0 unspecified atom stereocenters. The van der Waals surface area contributed by atoms with Crippen LogP contribution >= 0.6 is 0 Å². The number of aromatic nitrogens is 3. The van der Waals surface area contributed by atoms with E-state index in [1.807, 2.05) is 19.9 Å². The number of rotatable bonds is 0. The first-order valence-electron chi connectivity index (χ1n) is 4.16. The standard InChI is InChI=1S/C7H6N3O.C2H6.CH3.K/c1-9-7(11)10-5-3-2-4-6(10)8-9;1-2;;/h2-5H,1H2;1-2H3;1H3;/q-1;;-1;+1. The molecule has 0 atom stereocenters. The summed E-state index contributed by atoms with van der Waals surface area (Å²) < 4.78 is 2.50. The van der Waals surface area contributed by atoms with Gasteiger partial charge in [0, 0.05) is 0 Å². The van der Waals surface area contributed by atoms with Crippen LogP contribution in [0.15, 0.2) is 29.2 Å². The number of nitrogens with zero attached hydrogens (tertiary/aromatic N) is 3. The molecule has 0 aliphatic heterocycles. The van der Waals surface area contributed by atoms with Crippen molar-refractivity contribution in [1.82, 2.24) is 14.2 Å². The summed E-state index contributed by atoms with van der Waals surface area (Å²) in [7, 11) is 3.43. The topological polar surface area (TPSA) is 39.3 Å². The SMILES string of the molecule is CC.[CH2-]n1nc2ccccn2c1=O.[CH3-].[K+]. The fourth-order valence-electron chi connectivity index (χ4n) is 0.968. The molecule has 0 spiro atoms. The summed E-state index contributed by atoms with van der Waals surface area (Å²) in [6.45, 7) is 4.00. The van der Waals surface area contributed by atoms with Crippen LogP contribution in [0.25, 0.3) is 5.65 Å². The Morgan fingerprint density at radius 3 is 2.47 bits per heavy atom. The maximum atomic E-state index is 11.1. The van der Waals surface area contributed by atoms with Gasteiger partial charge in [-0.05, 0) is 18.3 Å². The largest absolute Gasteiger partial charge is 1.00 e. The summed E-state index contributed by atoms with van der Waals surface area (Å²) in [6.07, 6.45) is 1.66. The van der Waals surface area contributed by atoms with Crippen molar-refractivity contribution >= 4 is 5.65 Å². The first-order valence-corrected chi connectivity index (χ1v) is 4.16. The van der Waals surface area contributed by atoms with E-state index in [1.165, 1.54) is 4.40 Å². The van der Waals surface area contributed by atoms with Crippen LogP contribution in [-0.4, -0.2) is 14.2 Å². The molecule has 78 valence electrons. The third-order valence-electron chi connectivity index (χ3n) is 1.49. The minimum Gasteiger partial charge on any atom is -0.360 e. The van der Waals surface area contributed by atoms with Crippen LogP contribution in [0.2, 0.25) is 0 Å². The van der Waals surface area contributed by atoms with Gasteiger partial charge < -0.3 is 21.3 Å². The summed E-state index contributed by atoms with van der Waals surface area (Å²) in [4.78, 5) is 11.1. The maximum Gasteiger partial charge on any atom is 1.00 e. The van der Waals surface area contributed by atoms with Crippen molar-refractivity contribution < 1.29 is 51.4 Å². The number of fused-ring (bicyclic) bond motifs is 1. The molecule has 4 nitrogen and oxygen atoms in total. The van der Waals surface area contributed by atoms with Gasteiger partial charge in [0.25, 0.3) is 0 Å². The molecule has 2 aromatic heterocycles. The van der Waals surface area contributed by atoms with Gasteiger partial charge in [-0.1, -0.05) is 19.9 Å². The molecule has 0 radical (unpaired) electrons. The Morgan fingerprint density at radius 2 is 1.93 bits per heavy atom. The van der Waals surface area contributed by atoms with Gasteiger partial charge in [-0.15, -0.1) is 0 Å². The van der Waals surface area contributed by atoms with E-state index in [-0.39, 0.29) is 64.5 Å². The van der Waals surface area contributed by atoms with Crippen LogP contribution in [0.1, 0.15) is 13.8 Å². The summed E-state index contributed by atoms with van der Waals surface area (Å²) in [6, 6.07) is 5.35. The van der Waals surface area contributed by atoms with Crippen LogP contribution < -0.4 is 57.1 Å². The molecule has 0 fully saturated rings. The first-order chi connectivity index (χ1) is 6.29. The average Bonchev–Trinajstić information content (AvgIpc) is 2.47. The van der Waals surface area contributed by atoms with E-state index in [0.717, 1.165) is 4.68 Å². The number of hydrogen-bond acceptors (Lipinski definition) is 2. The van der Waals surface area contributed by atoms with Crippen LogP contribution in [0, 0.1) is 14.5 Å². The van der Waals surface area contributed by atoms with Crippen LogP contribution in [0.5, 0.6) is 0 Å². The van der Waals surface area contributed by atoms with E-state index in [0.29, 0.717) is 5.65 Å². The molecule has 2 heterocycles. The van der Waals surface area contributed by atoms with Crippen LogP contribution in [-0.2, 0) is 0 Å². The zero-order chi connectivity index (χ0) is 9.84. The van der Waals surface area contributed by atoms with Gasteiger partial charge in [0.2, 0.25) is 0 Å². The number of hydrogen-bond donors (Lipinski definition) is 0. The molecule has 2 aromatic rings. The zero-order valence-electron chi connectivity index (χ0n) is 9.77. The van der Waals surface area contributed by atoms with Crippen molar-refractivity contribution in [3.05, 3.63) is 49.4 Å². The molecule has 0 bridgehead atoms. The number of pyridine rings is 1. The third-order valence-corrected chi connectivity index (χ3v) is 1.49. The Balaban J connectivity index is 0. The van der Waals surface area contributed by atoms with Gasteiger partial charge >= 0.3 is 51.4 Å². The van der Waals surface area contributed by atoms with Crippen molar-refractivity contribution in [2.75, 3.05) is 0 Å². The van der Waals surface area contributed by atoms with Crippen molar-refractivity contribution in [1.29, 1.82) is 0 Å². The maximum absolute atomic E-state index is 11.1. The minimum atomic E-state index is -0.222. The molecule has 0 aliphatic rings. The van der Waals surface area contributed by atoms with Gasteiger partial charge in [0.05, 0.1) is 0 Å². The second-order valence-corrected chi connectivity index (χ2v) is 2.21. The summed E-state index contributed by atoms with van der Waals surface area (Å²) >= 11 is 0. The first kappa shape index (κ1) is 17.3. The van der Waals surface area contributed by atoms with Gasteiger partial charge in [-0.25, -0.2) is 0 Å². The fraction of sp³-hybridized carbons (Fsp3) is 0.200. The Kier molecular flexibility index (Phi) is 9.38. The summed E-state index contributed by atoms with van der Waals surface area (Å²) in [5.74, 6) is 0. The van der Waals surface area contributed by atoms with E-state index >= 15 is 0 Å². The normalized spacial score (nSPS) is 8.13. The van der Waals surface area contributed by atoms with Gasteiger partial charge in [0.1, 0.15) is 5.65 Å². The summed E-state index contributed by atoms with van der Waals surface area (Å²) in [5, 5.41) is 3.87. The van der Waals surface area contributed by atoms with Gasteiger partial charge in [-0.2, -0.15) is 12.1 Å². The fourth-order valence-corrected chi connectivity index (χ4v) is 0.968. The molecule has 0 aromatic carbocycles. The Bertz CT molecular complexity index is 447. The molecular weight excluding hydrogens is 217 g/mol. The second kappa shape index (κ2) is 8.12. The van der Waals surface area contributed by atoms with Crippen LogP contribution in [0.4, 0.5) is 0 Å². The van der Waals surface area contributed by atoms with E-state index in [9.17, 15) is 4.79 Å². The van der Waals surface area contributed by atoms with Crippen molar-refractivity contribution in [3.8, 4) is 0 Å². The predicted molar refractivity (Wildman–Crippen MR) is 58.0 cm³/mol. The molecule has 2 rings (SSSR count). The molecular formula is C10H15KN3O-. The molecule has 0 saturated heterocycles. The van der Waals surface area contributed by atoms with E-state index in [1.54, 1.807) is 18.3 Å². The van der Waals surface area contributed by atoms with Crippen molar-refractivity contribution in [2.24, 2.45) is 0 Å². The van der Waals surface area contributed by atoms with Crippen molar-refractivity contribution in [3.63, 3.8) is 0 Å². The molecule has 0 amide bonds. The zero-order valence-corrected chi connectivity index (χ0v) is 12.9. The van der Waals surface area contributed by atoms with E-state index < -0.39 is 0 Å².